The first-order valence-corrected chi connectivity index (χ1v) is 19.0. The summed E-state index contributed by atoms with van der Waals surface area (Å²) >= 11 is 0. The number of benzene rings is 3. The Balaban J connectivity index is 1.29. The maximum Gasteiger partial charge on any atom is 0.321 e. The second-order valence-electron chi connectivity index (χ2n) is 11.7. The molecule has 1 heterocycles. The Kier molecular flexibility index (Phi) is 12.6. The molecule has 1 atom stereocenters. The Morgan fingerprint density at radius 3 is 2.34 bits per heavy atom. The normalized spacial score (nSPS) is 15.0. The number of hydrogen-bond donors (Lipinski definition) is 4. The van der Waals surface area contributed by atoms with Crippen LogP contribution < -0.4 is 14.9 Å². The number of aliphatic hydroxyl groups is 1. The summed E-state index contributed by atoms with van der Waals surface area (Å²) in [5.74, 6) is -0.837. The number of anilines is 2. The molecule has 1 fully saturated rings. The number of phenols is 1. The van der Waals surface area contributed by atoms with Crippen molar-refractivity contribution in [3.8, 4) is 5.75 Å². The highest BCUT2D eigenvalue weighted by atomic mass is 32.2. The number of sulfonamides is 2. The van der Waals surface area contributed by atoms with Crippen LogP contribution in [0.2, 0.25) is 0 Å². The number of piperidine rings is 1. The van der Waals surface area contributed by atoms with Gasteiger partial charge in [0.2, 0.25) is 20.0 Å². The van der Waals surface area contributed by atoms with E-state index < -0.39 is 32.1 Å². The van der Waals surface area contributed by atoms with Crippen molar-refractivity contribution in [2.45, 2.75) is 56.3 Å². The van der Waals surface area contributed by atoms with Crippen LogP contribution in [0.1, 0.15) is 49.8 Å². The molecule has 0 aliphatic carbocycles. The maximum atomic E-state index is 13.5. The van der Waals surface area contributed by atoms with Crippen molar-refractivity contribution in [1.82, 2.24) is 9.62 Å². The van der Waals surface area contributed by atoms with Gasteiger partial charge in [0.1, 0.15) is 18.9 Å². The number of esters is 1. The Hall–Kier alpha value is -3.69. The van der Waals surface area contributed by atoms with Crippen LogP contribution in [-0.2, 0) is 36.2 Å². The van der Waals surface area contributed by atoms with Gasteiger partial charge in [0.15, 0.2) is 0 Å². The summed E-state index contributed by atoms with van der Waals surface area (Å²) in [4.78, 5) is 14.9. The lowest BCUT2D eigenvalue weighted by atomic mass is 10.0. The minimum Gasteiger partial charge on any atom is -0.506 e. The van der Waals surface area contributed by atoms with E-state index >= 15 is 0 Å². The highest BCUT2D eigenvalue weighted by molar-refractivity contribution is 7.92. The van der Waals surface area contributed by atoms with Gasteiger partial charge < -0.3 is 25.2 Å². The minimum atomic E-state index is -3.93. The third-order valence-electron chi connectivity index (χ3n) is 7.94. The predicted octanol–water partition coefficient (Wildman–Crippen LogP) is 3.59. The highest BCUT2D eigenvalue weighted by Crippen LogP contribution is 2.28. The fourth-order valence-corrected chi connectivity index (χ4v) is 7.29. The quantitative estimate of drug-likeness (QED) is 0.129. The van der Waals surface area contributed by atoms with Gasteiger partial charge in [-0.2, -0.15) is 4.31 Å². The van der Waals surface area contributed by atoms with E-state index in [4.69, 9.17) is 4.74 Å². The van der Waals surface area contributed by atoms with Gasteiger partial charge in [-0.1, -0.05) is 49.7 Å². The molecule has 0 spiro atoms. The molecule has 0 amide bonds. The molecular weight excluding hydrogens is 645 g/mol. The van der Waals surface area contributed by atoms with Crippen LogP contribution in [-0.4, -0.2) is 82.3 Å². The smallest absolute Gasteiger partial charge is 0.321 e. The number of aliphatic hydroxyl groups excluding tert-OH is 1. The van der Waals surface area contributed by atoms with Crippen LogP contribution in [0.4, 0.5) is 11.4 Å². The number of ether oxygens (including phenoxy) is 1. The van der Waals surface area contributed by atoms with Crippen LogP contribution in [0.25, 0.3) is 0 Å². The molecule has 47 heavy (non-hydrogen) atoms. The number of phenolic OH excluding ortho intramolecular Hbond substituents is 1. The van der Waals surface area contributed by atoms with Crippen molar-refractivity contribution in [1.29, 1.82) is 0 Å². The van der Waals surface area contributed by atoms with Gasteiger partial charge in [0, 0.05) is 37.9 Å². The van der Waals surface area contributed by atoms with Gasteiger partial charge in [0.25, 0.3) is 0 Å². The maximum absolute atomic E-state index is 13.5. The van der Waals surface area contributed by atoms with Crippen molar-refractivity contribution in [3.63, 3.8) is 0 Å². The minimum absolute atomic E-state index is 0.00573. The van der Waals surface area contributed by atoms with E-state index in [0.29, 0.717) is 12.0 Å². The fraction of sp³-hybridized carbons (Fsp3) is 0.424. The lowest BCUT2D eigenvalue weighted by Gasteiger charge is -2.34. The topological polar surface area (TPSA) is 166 Å². The summed E-state index contributed by atoms with van der Waals surface area (Å²) in [6.07, 6.45) is 3.04. The van der Waals surface area contributed by atoms with Gasteiger partial charge in [-0.3, -0.25) is 9.52 Å². The molecule has 3 aromatic rings. The zero-order valence-electron chi connectivity index (χ0n) is 26.7. The third-order valence-corrected chi connectivity index (χ3v) is 10.4. The van der Waals surface area contributed by atoms with Crippen molar-refractivity contribution >= 4 is 37.4 Å². The number of carbonyl (C=O) groups is 1. The standard InChI is InChI=1S/C33H44N4O8S2/c1-3-4-18-37(23-33(40)45-24-25-8-6-5-7-9-25)47(43,44)29-13-11-28(12-14-29)36-19-16-27(17-20-36)34-22-32(39)26-10-15-31(38)30(21-26)35-46(2,41)42/h5-15,21,27,32,34-35,38-39H,3-4,16-20,22-24H2,1-2H3/t32-/m1/s1. The third kappa shape index (κ3) is 10.7. The number of hydrogen-bond acceptors (Lipinski definition) is 10. The number of unbranched alkanes of at least 4 members (excludes halogenated alkanes) is 1. The molecule has 0 unspecified atom stereocenters. The van der Waals surface area contributed by atoms with Crippen molar-refractivity contribution in [3.05, 3.63) is 83.9 Å². The van der Waals surface area contributed by atoms with E-state index in [1.165, 1.54) is 16.4 Å². The first-order chi connectivity index (χ1) is 22.4. The first kappa shape index (κ1) is 36.2. The van der Waals surface area contributed by atoms with Crippen LogP contribution >= 0.6 is 0 Å². The molecule has 4 N–H and O–H groups in total. The molecule has 1 aliphatic heterocycles. The zero-order chi connectivity index (χ0) is 34.0. The molecule has 0 saturated carbocycles. The van der Waals surface area contributed by atoms with E-state index in [-0.39, 0.29) is 48.6 Å². The number of nitrogens with zero attached hydrogens (tertiary/aromatic N) is 2. The number of carbonyl (C=O) groups excluding carboxylic acids is 1. The van der Waals surface area contributed by atoms with Gasteiger partial charge in [-0.25, -0.2) is 16.8 Å². The second kappa shape index (κ2) is 16.4. The molecular formula is C33H44N4O8S2. The predicted molar refractivity (Wildman–Crippen MR) is 181 cm³/mol. The number of rotatable bonds is 16. The fourth-order valence-electron chi connectivity index (χ4n) is 5.30. The molecule has 12 nitrogen and oxygen atoms in total. The highest BCUT2D eigenvalue weighted by Gasteiger charge is 2.28. The second-order valence-corrected chi connectivity index (χ2v) is 15.4. The lowest BCUT2D eigenvalue weighted by molar-refractivity contribution is -0.145. The average molecular weight is 689 g/mol. The largest absolute Gasteiger partial charge is 0.506 e. The van der Waals surface area contributed by atoms with Gasteiger partial charge >= 0.3 is 5.97 Å². The summed E-state index contributed by atoms with van der Waals surface area (Å²) < 4.78 is 59.0. The monoisotopic (exact) mass is 688 g/mol. The van der Waals surface area contributed by atoms with E-state index in [1.807, 2.05) is 37.3 Å². The van der Waals surface area contributed by atoms with Crippen LogP contribution in [0, 0.1) is 0 Å². The number of nitrogens with one attached hydrogen (secondary N) is 2. The molecule has 3 aromatic carbocycles. The molecule has 1 aliphatic rings. The summed E-state index contributed by atoms with van der Waals surface area (Å²) in [6, 6.07) is 20.4. The summed E-state index contributed by atoms with van der Waals surface area (Å²) in [5, 5.41) is 24.0. The van der Waals surface area contributed by atoms with Crippen LogP contribution in [0.5, 0.6) is 5.75 Å². The van der Waals surface area contributed by atoms with Gasteiger partial charge in [-0.15, -0.1) is 0 Å². The Morgan fingerprint density at radius 2 is 1.70 bits per heavy atom. The Bertz CT molecular complexity index is 1680. The lowest BCUT2D eigenvalue weighted by Crippen LogP contribution is -2.43. The molecule has 0 radical (unpaired) electrons. The van der Waals surface area contributed by atoms with Crippen LogP contribution in [0.3, 0.4) is 0 Å². The molecule has 4 rings (SSSR count). The van der Waals surface area contributed by atoms with Crippen molar-refractivity contribution in [2.24, 2.45) is 0 Å². The Labute approximate surface area is 277 Å². The molecule has 0 aromatic heterocycles. The van der Waals surface area contributed by atoms with E-state index in [9.17, 15) is 31.8 Å². The van der Waals surface area contributed by atoms with Crippen LogP contribution in [0.15, 0.2) is 77.7 Å². The van der Waals surface area contributed by atoms with Crippen molar-refractivity contribution in [2.75, 3.05) is 48.6 Å². The molecule has 0 bridgehead atoms. The van der Waals surface area contributed by atoms with E-state index in [1.54, 1.807) is 30.3 Å². The Morgan fingerprint density at radius 1 is 1.02 bits per heavy atom. The molecule has 256 valence electrons. The first-order valence-electron chi connectivity index (χ1n) is 15.6. The summed E-state index contributed by atoms with van der Waals surface area (Å²) in [6.45, 7) is 3.57. The van der Waals surface area contributed by atoms with Gasteiger partial charge in [-0.05, 0) is 66.8 Å². The summed E-state index contributed by atoms with van der Waals surface area (Å²) in [5.41, 5.74) is 2.18. The van der Waals surface area contributed by atoms with Gasteiger partial charge in [0.05, 0.1) is 22.9 Å². The SMILES string of the molecule is CCCCN(CC(=O)OCc1ccccc1)S(=O)(=O)c1ccc(N2CCC(NC[C@@H](O)c3ccc(O)c(NS(C)(=O)=O)c3)CC2)cc1. The molecule has 1 saturated heterocycles. The van der Waals surface area contributed by atoms with E-state index in [0.717, 1.165) is 49.9 Å². The number of aromatic hydroxyl groups is 1. The molecule has 14 heteroatoms. The van der Waals surface area contributed by atoms with Crippen molar-refractivity contribution < 1.29 is 36.6 Å². The zero-order valence-corrected chi connectivity index (χ0v) is 28.3. The summed E-state index contributed by atoms with van der Waals surface area (Å²) in [7, 11) is -7.52. The van der Waals surface area contributed by atoms with E-state index in [2.05, 4.69) is 14.9 Å². The average Bonchev–Trinajstić information content (AvgIpc) is 3.05.